The maximum atomic E-state index is 12.7. The molecular formula is C20H24N4O. The highest BCUT2D eigenvalue weighted by Gasteiger charge is 2.44. The topological polar surface area (TPSA) is 50.2 Å². The first-order chi connectivity index (χ1) is 12.3. The molecule has 2 atom stereocenters. The maximum absolute atomic E-state index is 12.7. The minimum Gasteiger partial charge on any atom is -0.310 e. The highest BCUT2D eigenvalue weighted by atomic mass is 16.2. The van der Waals surface area contributed by atoms with Crippen molar-refractivity contribution in [2.45, 2.75) is 56.7 Å². The number of hydrogen-bond acceptors (Lipinski definition) is 3. The summed E-state index contributed by atoms with van der Waals surface area (Å²) in [5.41, 5.74) is 2.84. The van der Waals surface area contributed by atoms with E-state index in [-0.39, 0.29) is 5.91 Å². The number of amides is 1. The molecule has 0 unspecified atom stereocenters. The van der Waals surface area contributed by atoms with Crippen LogP contribution in [0.15, 0.2) is 36.5 Å². The van der Waals surface area contributed by atoms with E-state index < -0.39 is 0 Å². The highest BCUT2D eigenvalue weighted by Crippen LogP contribution is 2.52. The van der Waals surface area contributed by atoms with E-state index in [0.717, 1.165) is 31.5 Å². The number of hydrogen-bond donors (Lipinski definition) is 1. The Kier molecular flexibility index (Phi) is 3.63. The summed E-state index contributed by atoms with van der Waals surface area (Å²) in [6.45, 7) is 0.458. The minimum atomic E-state index is 0.0736. The van der Waals surface area contributed by atoms with E-state index in [1.807, 2.05) is 10.7 Å². The van der Waals surface area contributed by atoms with Crippen molar-refractivity contribution in [1.82, 2.24) is 14.7 Å². The molecule has 1 amide bonds. The van der Waals surface area contributed by atoms with Crippen molar-refractivity contribution in [3.05, 3.63) is 47.7 Å². The Labute approximate surface area is 148 Å². The molecule has 2 bridgehead atoms. The number of aromatic nitrogens is 2. The molecule has 25 heavy (non-hydrogen) atoms. The van der Waals surface area contributed by atoms with Crippen LogP contribution in [-0.2, 0) is 4.79 Å². The fraction of sp³-hybridized carbons (Fsp3) is 0.500. The summed E-state index contributed by atoms with van der Waals surface area (Å²) >= 11 is 0. The lowest BCUT2D eigenvalue weighted by Gasteiger charge is -2.22. The largest absolute Gasteiger partial charge is 0.310 e. The molecule has 2 fully saturated rings. The number of nitrogens with zero attached hydrogens (tertiary/aromatic N) is 3. The minimum absolute atomic E-state index is 0.0736. The molecule has 1 saturated heterocycles. The lowest BCUT2D eigenvalue weighted by Crippen LogP contribution is -2.31. The molecule has 1 aliphatic carbocycles. The van der Waals surface area contributed by atoms with Gasteiger partial charge in [-0.25, -0.2) is 4.68 Å². The van der Waals surface area contributed by atoms with Crippen molar-refractivity contribution < 1.29 is 4.79 Å². The third-order valence-electron chi connectivity index (χ3n) is 6.16. The van der Waals surface area contributed by atoms with Crippen LogP contribution in [0.3, 0.4) is 0 Å². The number of carbonyl (C=O) groups is 1. The van der Waals surface area contributed by atoms with Gasteiger partial charge in [0.1, 0.15) is 5.82 Å². The molecule has 5 rings (SSSR count). The number of carbonyl (C=O) groups excluding carboxylic acids is 1. The molecule has 1 saturated carbocycles. The quantitative estimate of drug-likeness (QED) is 0.923. The first-order valence-electron chi connectivity index (χ1n) is 9.49. The second-order valence-electron chi connectivity index (χ2n) is 7.56. The molecule has 3 aliphatic rings. The normalized spacial score (nSPS) is 25.4. The van der Waals surface area contributed by atoms with Gasteiger partial charge in [0.05, 0.1) is 18.8 Å². The first-order valence-corrected chi connectivity index (χ1v) is 9.49. The molecule has 5 nitrogen and oxygen atoms in total. The van der Waals surface area contributed by atoms with Crippen LogP contribution >= 0.6 is 0 Å². The van der Waals surface area contributed by atoms with Gasteiger partial charge in [0, 0.05) is 18.2 Å². The lowest BCUT2D eigenvalue weighted by atomic mass is 9.92. The van der Waals surface area contributed by atoms with Gasteiger partial charge < -0.3 is 5.32 Å². The molecule has 3 heterocycles. The Hall–Kier alpha value is -2.14. The second-order valence-corrected chi connectivity index (χ2v) is 7.56. The number of anilines is 1. The number of benzene rings is 1. The van der Waals surface area contributed by atoms with Crippen LogP contribution in [0.25, 0.3) is 0 Å². The Balaban J connectivity index is 1.29. The van der Waals surface area contributed by atoms with Crippen molar-refractivity contribution in [1.29, 1.82) is 0 Å². The molecule has 1 aromatic heterocycles. The molecular weight excluding hydrogens is 312 g/mol. The summed E-state index contributed by atoms with van der Waals surface area (Å²) in [5.74, 6) is 0.922. The van der Waals surface area contributed by atoms with E-state index in [1.54, 1.807) is 6.20 Å². The van der Waals surface area contributed by atoms with Crippen LogP contribution in [0.5, 0.6) is 0 Å². The summed E-state index contributed by atoms with van der Waals surface area (Å²) < 4.78 is 2.01. The zero-order chi connectivity index (χ0) is 16.8. The summed E-state index contributed by atoms with van der Waals surface area (Å²) in [5, 5.41) is 7.56. The van der Waals surface area contributed by atoms with Crippen molar-refractivity contribution in [3.8, 4) is 0 Å². The predicted octanol–water partition coefficient (Wildman–Crippen LogP) is 3.83. The van der Waals surface area contributed by atoms with E-state index in [4.69, 9.17) is 0 Å². The fourth-order valence-electron chi connectivity index (χ4n) is 5.07. The maximum Gasteiger partial charge on any atom is 0.239 e. The highest BCUT2D eigenvalue weighted by molar-refractivity contribution is 5.91. The molecule has 1 N–H and O–H groups in total. The molecule has 0 spiro atoms. The van der Waals surface area contributed by atoms with Gasteiger partial charge in [0.15, 0.2) is 0 Å². The molecule has 2 aromatic rings. The van der Waals surface area contributed by atoms with E-state index in [1.165, 1.54) is 24.0 Å². The van der Waals surface area contributed by atoms with E-state index in [2.05, 4.69) is 39.6 Å². The third-order valence-corrected chi connectivity index (χ3v) is 6.16. The fourth-order valence-corrected chi connectivity index (χ4v) is 5.07. The number of nitrogens with one attached hydrogen (secondary N) is 1. The van der Waals surface area contributed by atoms with Crippen LogP contribution in [0.4, 0.5) is 5.82 Å². The van der Waals surface area contributed by atoms with Crippen LogP contribution < -0.4 is 5.32 Å². The summed E-state index contributed by atoms with van der Waals surface area (Å²) in [6, 6.07) is 11.8. The number of fused-ring (bicyclic) bond motifs is 5. The van der Waals surface area contributed by atoms with Crippen molar-refractivity contribution in [3.63, 3.8) is 0 Å². The van der Waals surface area contributed by atoms with Crippen molar-refractivity contribution in [2.75, 3.05) is 11.9 Å². The Morgan fingerprint density at radius 3 is 2.40 bits per heavy atom. The average molecular weight is 336 g/mol. The van der Waals surface area contributed by atoms with Gasteiger partial charge in [0.25, 0.3) is 0 Å². The van der Waals surface area contributed by atoms with Gasteiger partial charge in [-0.05, 0) is 36.8 Å². The summed E-state index contributed by atoms with van der Waals surface area (Å²) in [6.07, 6.45) is 8.96. The van der Waals surface area contributed by atoms with Gasteiger partial charge in [-0.2, -0.15) is 5.10 Å². The van der Waals surface area contributed by atoms with Crippen LogP contribution in [0, 0.1) is 0 Å². The summed E-state index contributed by atoms with van der Waals surface area (Å²) in [4.78, 5) is 15.1. The van der Waals surface area contributed by atoms with Crippen LogP contribution in [0.1, 0.15) is 67.8 Å². The smallest absolute Gasteiger partial charge is 0.239 e. The van der Waals surface area contributed by atoms with Gasteiger partial charge in [0.2, 0.25) is 5.91 Å². The lowest BCUT2D eigenvalue weighted by molar-refractivity contribution is -0.117. The Bertz CT molecular complexity index is 761. The first kappa shape index (κ1) is 15.1. The third kappa shape index (κ3) is 2.49. The zero-order valence-corrected chi connectivity index (χ0v) is 14.4. The Morgan fingerprint density at radius 1 is 1.04 bits per heavy atom. The Morgan fingerprint density at radius 2 is 1.72 bits per heavy atom. The number of rotatable bonds is 4. The molecule has 5 heteroatoms. The zero-order valence-electron chi connectivity index (χ0n) is 14.4. The average Bonchev–Trinajstić information content (AvgIpc) is 3.39. The summed E-state index contributed by atoms with van der Waals surface area (Å²) in [7, 11) is 0. The van der Waals surface area contributed by atoms with Crippen LogP contribution in [-0.4, -0.2) is 27.1 Å². The molecule has 0 radical (unpaired) electrons. The van der Waals surface area contributed by atoms with Gasteiger partial charge in [-0.15, -0.1) is 0 Å². The van der Waals surface area contributed by atoms with Crippen molar-refractivity contribution in [2.24, 2.45) is 0 Å². The monoisotopic (exact) mass is 336 g/mol. The van der Waals surface area contributed by atoms with Crippen LogP contribution in [0.2, 0.25) is 0 Å². The van der Waals surface area contributed by atoms with Gasteiger partial charge in [-0.1, -0.05) is 37.1 Å². The second kappa shape index (κ2) is 5.99. The van der Waals surface area contributed by atoms with Gasteiger partial charge in [-0.3, -0.25) is 9.69 Å². The molecule has 1 aromatic carbocycles. The predicted molar refractivity (Wildman–Crippen MR) is 96.2 cm³/mol. The molecule has 130 valence electrons. The van der Waals surface area contributed by atoms with Gasteiger partial charge >= 0.3 is 0 Å². The molecule has 2 aliphatic heterocycles. The van der Waals surface area contributed by atoms with E-state index in [0.29, 0.717) is 24.7 Å². The van der Waals surface area contributed by atoms with E-state index >= 15 is 0 Å². The van der Waals surface area contributed by atoms with Crippen molar-refractivity contribution >= 4 is 11.7 Å². The van der Waals surface area contributed by atoms with E-state index in [9.17, 15) is 4.79 Å². The standard InChI is InChI=1S/C20H24N4O/c25-20(22-19-11-12-21-24(19)14-5-1-2-6-14)13-23-17-9-10-18(23)16-8-4-3-7-15(16)17/h3-4,7-8,11-12,14,17-18H,1-2,5-6,9-10,13H2,(H,22,25)/t17-,18-/m0/s1. The SMILES string of the molecule is O=C(CN1[C@H]2CC[C@H]1c1ccccc12)Nc1ccnn1C1CCCC1.